The van der Waals surface area contributed by atoms with E-state index in [0.717, 1.165) is 0 Å². The minimum absolute atomic E-state index is 0. The van der Waals surface area contributed by atoms with Gasteiger partial charge in [-0.1, -0.05) is 0 Å². The molecule has 4 heteroatoms. The van der Waals surface area contributed by atoms with Crippen molar-refractivity contribution in [2.24, 2.45) is 0 Å². The predicted octanol–water partition coefficient (Wildman–Crippen LogP) is -0.949. The molecule has 0 bridgehead atoms. The van der Waals surface area contributed by atoms with E-state index in [1.807, 2.05) is 0 Å². The van der Waals surface area contributed by atoms with E-state index in [-0.39, 0.29) is 25.6 Å². The molecule has 0 aliphatic carbocycles. The van der Waals surface area contributed by atoms with Crippen molar-refractivity contribution in [3.63, 3.8) is 0 Å². The van der Waals surface area contributed by atoms with Crippen LogP contribution >= 0.6 is 0 Å². The van der Waals surface area contributed by atoms with Crippen LogP contribution in [0.2, 0.25) is 0 Å². The molecule has 0 saturated carbocycles. The van der Waals surface area contributed by atoms with Crippen molar-refractivity contribution < 1.29 is 48.2 Å². The first-order valence-corrected chi connectivity index (χ1v) is 0.764. The Balaban J connectivity index is -0.00000000500. The van der Waals surface area contributed by atoms with Crippen molar-refractivity contribution in [2.45, 2.75) is 0 Å². The Morgan fingerprint density at radius 1 is 1.25 bits per heavy atom. The summed E-state index contributed by atoms with van der Waals surface area (Å²) in [5.41, 5.74) is 0. The first-order valence-electron chi connectivity index (χ1n) is 0.129. The number of hydrogen-bond donors (Lipinski definition) is 0. The molecule has 0 aromatic rings. The van der Waals surface area contributed by atoms with Gasteiger partial charge in [-0.05, 0) is 0 Å². The fourth-order valence-electron chi connectivity index (χ4n) is 0. The first-order chi connectivity index (χ1) is 1.00. The fourth-order valence-corrected chi connectivity index (χ4v) is 0. The molecule has 1 radical (unpaired) electrons. The van der Waals surface area contributed by atoms with Crippen LogP contribution in [0.15, 0.2) is 0 Å². The molecule has 0 aliphatic rings. The van der Waals surface area contributed by atoms with Crippen LogP contribution in [0.3, 0.4) is 0 Å². The second-order valence-corrected chi connectivity index (χ2v) is 0. The molecule has 4 heavy (non-hydrogen) atoms. The van der Waals surface area contributed by atoms with E-state index in [0.29, 0.717) is 0 Å². The average molecular weight is 333 g/mol. The van der Waals surface area contributed by atoms with E-state index in [1.54, 1.807) is 0 Å². The summed E-state index contributed by atoms with van der Waals surface area (Å²) in [5.74, 6) is 0. The van der Waals surface area contributed by atoms with Crippen LogP contribution in [0.1, 0.15) is 0 Å². The van der Waals surface area contributed by atoms with Crippen molar-refractivity contribution >= 4 is 0 Å². The van der Waals surface area contributed by atoms with Crippen LogP contribution in [0.5, 0.6) is 0 Å². The zero-order valence-corrected chi connectivity index (χ0v) is 5.51. The molecule has 0 aromatic carbocycles. The minimum atomic E-state index is 0. The second kappa shape index (κ2) is 33.4. The third kappa shape index (κ3) is 11.5. The molecule has 0 aromatic heterocycles. The van der Waals surface area contributed by atoms with Crippen molar-refractivity contribution in [3.05, 3.63) is 0 Å². The summed E-state index contributed by atoms with van der Waals surface area (Å²) in [4.78, 5) is 0. The van der Waals surface area contributed by atoms with Crippen LogP contribution in [-0.4, -0.2) is 5.48 Å². The van der Waals surface area contributed by atoms with Gasteiger partial charge in [0.05, 0.1) is 0 Å². The molecule has 0 fully saturated rings. The van der Waals surface area contributed by atoms with E-state index in [9.17, 15) is 0 Å². The summed E-state index contributed by atoms with van der Waals surface area (Å²) in [7, 11) is 0. The maximum absolute atomic E-state index is 8.10. The SMILES string of the molecule is O.[Ir].[O]=[Pd]. The summed E-state index contributed by atoms with van der Waals surface area (Å²) in [6.45, 7) is 0. The van der Waals surface area contributed by atoms with Gasteiger partial charge in [0.2, 0.25) is 0 Å². The Hall–Kier alpha value is 1.07. The van der Waals surface area contributed by atoms with E-state index in [1.165, 1.54) is 19.2 Å². The monoisotopic (exact) mass is 333 g/mol. The number of hydrogen-bond acceptors (Lipinski definition) is 1. The van der Waals surface area contributed by atoms with Gasteiger partial charge in [0, 0.05) is 20.1 Å². The molecule has 0 rings (SSSR count). The summed E-state index contributed by atoms with van der Waals surface area (Å²) >= 11 is 1.50. The van der Waals surface area contributed by atoms with Crippen LogP contribution in [-0.2, 0) is 42.7 Å². The Bertz CT molecular complexity index is 6.00. The standard InChI is InChI=1S/Ir.H2O.O.Pd/h;1H2;;. The van der Waals surface area contributed by atoms with Crippen molar-refractivity contribution in [1.29, 1.82) is 0 Å². The molecule has 0 aliphatic heterocycles. The van der Waals surface area contributed by atoms with Crippen molar-refractivity contribution in [1.82, 2.24) is 0 Å². The van der Waals surface area contributed by atoms with Crippen LogP contribution in [0, 0.1) is 0 Å². The average Bonchev–Trinajstić information content (AvgIpc) is 1.00. The van der Waals surface area contributed by atoms with Crippen LogP contribution in [0.4, 0.5) is 0 Å². The van der Waals surface area contributed by atoms with Gasteiger partial charge in [0.1, 0.15) is 0 Å². The Morgan fingerprint density at radius 2 is 1.25 bits per heavy atom. The third-order valence-corrected chi connectivity index (χ3v) is 0. The molecular formula is H2IrO2Pd. The van der Waals surface area contributed by atoms with Crippen molar-refractivity contribution in [3.8, 4) is 0 Å². The van der Waals surface area contributed by atoms with Crippen LogP contribution < -0.4 is 0 Å². The quantitative estimate of drug-likeness (QED) is 0.528. The van der Waals surface area contributed by atoms with Crippen LogP contribution in [0.25, 0.3) is 0 Å². The van der Waals surface area contributed by atoms with Gasteiger partial charge in [-0.25, -0.2) is 0 Å². The molecule has 33 valence electrons. The summed E-state index contributed by atoms with van der Waals surface area (Å²) in [6.07, 6.45) is 0. The second-order valence-electron chi connectivity index (χ2n) is 0. The Labute approximate surface area is 48.3 Å². The normalized spacial score (nSPS) is 1.50. The third-order valence-electron chi connectivity index (χ3n) is 0. The van der Waals surface area contributed by atoms with E-state index in [4.69, 9.17) is 3.47 Å². The summed E-state index contributed by atoms with van der Waals surface area (Å²) in [5, 5.41) is 0. The molecule has 0 unspecified atom stereocenters. The summed E-state index contributed by atoms with van der Waals surface area (Å²) < 4.78 is 8.10. The first kappa shape index (κ1) is 19.6. The maximum atomic E-state index is 8.10. The van der Waals surface area contributed by atoms with Gasteiger partial charge in [-0.15, -0.1) is 0 Å². The van der Waals surface area contributed by atoms with E-state index >= 15 is 0 Å². The molecule has 0 saturated heterocycles. The zero-order chi connectivity index (χ0) is 2.00. The topological polar surface area (TPSA) is 48.6 Å². The summed E-state index contributed by atoms with van der Waals surface area (Å²) in [6, 6.07) is 0. The Kier molecular flexibility index (Phi) is 164. The molecule has 0 heterocycles. The molecule has 0 amide bonds. The molecular weight excluding hydrogens is 331 g/mol. The van der Waals surface area contributed by atoms with Gasteiger partial charge < -0.3 is 5.48 Å². The van der Waals surface area contributed by atoms with E-state index < -0.39 is 0 Å². The van der Waals surface area contributed by atoms with Gasteiger partial charge in [0.25, 0.3) is 0 Å². The molecule has 2 N–H and O–H groups in total. The number of rotatable bonds is 0. The zero-order valence-electron chi connectivity index (χ0n) is 1.56. The fraction of sp³-hybridized carbons (Fsp3) is 0. The van der Waals surface area contributed by atoms with E-state index in [2.05, 4.69) is 0 Å². The molecule has 0 atom stereocenters. The molecule has 2 nitrogen and oxygen atoms in total. The molecule has 0 spiro atoms. The van der Waals surface area contributed by atoms with Gasteiger partial charge >= 0.3 is 22.6 Å². The Morgan fingerprint density at radius 3 is 1.25 bits per heavy atom. The van der Waals surface area contributed by atoms with Crippen molar-refractivity contribution in [2.75, 3.05) is 0 Å². The predicted molar refractivity (Wildman–Crippen MR) is 4.30 cm³/mol. The van der Waals surface area contributed by atoms with Gasteiger partial charge in [-0.3, -0.25) is 0 Å². The van der Waals surface area contributed by atoms with Gasteiger partial charge in [0.15, 0.2) is 0 Å². The van der Waals surface area contributed by atoms with Gasteiger partial charge in [-0.2, -0.15) is 0 Å².